The average molecular weight is 521 g/mol. The topological polar surface area (TPSA) is 118 Å². The van der Waals surface area contributed by atoms with Gasteiger partial charge in [-0.1, -0.05) is 26.0 Å². The number of hydrogen-bond donors (Lipinski definition) is 1. The van der Waals surface area contributed by atoms with Crippen LogP contribution in [-0.4, -0.2) is 59.3 Å². The maximum absolute atomic E-state index is 11.0. The lowest BCUT2D eigenvalue weighted by molar-refractivity contribution is 0.292. The highest BCUT2D eigenvalue weighted by molar-refractivity contribution is 7.81. The summed E-state index contributed by atoms with van der Waals surface area (Å²) < 4.78 is 51.4. The van der Waals surface area contributed by atoms with E-state index >= 15 is 0 Å². The third-order valence-electron chi connectivity index (χ3n) is 6.40. The molecule has 0 aromatic heterocycles. The maximum atomic E-state index is 11.0. The average Bonchev–Trinajstić information content (AvgIpc) is 2.84. The standard InChI is InChI=1S/C26H36N2O7S/c1-19(2)26(18-27,21-9-11-22(32-4)25(17-21)34-6)13-7-14-28(3)15-12-20-8-10-23(24(16-20)33-5)35-36(29,30)31/h8-11,16-17,19H,7,12-15H2,1-6H3,(H,29,30,31). The maximum Gasteiger partial charge on any atom is 0.446 e. The number of hydrogen-bond acceptors (Lipinski definition) is 8. The Hall–Kier alpha value is -3.00. The molecular formula is C26H36N2O7S. The molecule has 10 heteroatoms. The van der Waals surface area contributed by atoms with Crippen molar-refractivity contribution in [3.8, 4) is 29.1 Å². The summed E-state index contributed by atoms with van der Waals surface area (Å²) in [5.74, 6) is 1.48. The Morgan fingerprint density at radius 1 is 0.972 bits per heavy atom. The van der Waals surface area contributed by atoms with Gasteiger partial charge in [0.15, 0.2) is 23.0 Å². The minimum atomic E-state index is -4.63. The van der Waals surface area contributed by atoms with Gasteiger partial charge in [0.05, 0.1) is 32.8 Å². The van der Waals surface area contributed by atoms with Gasteiger partial charge in [0, 0.05) is 6.54 Å². The lowest BCUT2D eigenvalue weighted by atomic mass is 9.69. The lowest BCUT2D eigenvalue weighted by Gasteiger charge is -2.32. The van der Waals surface area contributed by atoms with Gasteiger partial charge < -0.3 is 23.3 Å². The third kappa shape index (κ3) is 7.50. The molecule has 0 amide bonds. The Bertz CT molecular complexity index is 1160. The molecule has 198 valence electrons. The van der Waals surface area contributed by atoms with E-state index in [9.17, 15) is 13.7 Å². The number of nitrogens with zero attached hydrogens (tertiary/aromatic N) is 2. The van der Waals surface area contributed by atoms with Crippen LogP contribution in [0.15, 0.2) is 36.4 Å². The van der Waals surface area contributed by atoms with Gasteiger partial charge >= 0.3 is 10.4 Å². The fraction of sp³-hybridized carbons (Fsp3) is 0.500. The van der Waals surface area contributed by atoms with Crippen LogP contribution in [0.5, 0.6) is 23.0 Å². The van der Waals surface area contributed by atoms with E-state index in [1.54, 1.807) is 26.4 Å². The molecule has 1 atom stereocenters. The number of rotatable bonds is 14. The molecule has 0 fully saturated rings. The summed E-state index contributed by atoms with van der Waals surface area (Å²) in [5, 5.41) is 10.2. The van der Waals surface area contributed by atoms with Crippen LogP contribution in [0, 0.1) is 17.2 Å². The molecule has 2 rings (SSSR count). The molecule has 2 aromatic rings. The van der Waals surface area contributed by atoms with Gasteiger partial charge in [0.2, 0.25) is 0 Å². The molecular weight excluding hydrogens is 484 g/mol. The number of nitriles is 1. The van der Waals surface area contributed by atoms with Crippen LogP contribution in [0.25, 0.3) is 0 Å². The minimum absolute atomic E-state index is 0.0752. The number of benzene rings is 2. The van der Waals surface area contributed by atoms with Gasteiger partial charge in [-0.15, -0.1) is 0 Å². The first kappa shape index (κ1) is 29.2. The van der Waals surface area contributed by atoms with Crippen LogP contribution >= 0.6 is 0 Å². The Labute approximate surface area is 214 Å². The normalized spacial score (nSPS) is 13.2. The van der Waals surface area contributed by atoms with Gasteiger partial charge in [0.1, 0.15) is 0 Å². The molecule has 9 nitrogen and oxygen atoms in total. The molecule has 36 heavy (non-hydrogen) atoms. The van der Waals surface area contributed by atoms with Crippen molar-refractivity contribution in [3.63, 3.8) is 0 Å². The summed E-state index contributed by atoms with van der Waals surface area (Å²) in [4.78, 5) is 2.19. The van der Waals surface area contributed by atoms with Crippen LogP contribution in [-0.2, 0) is 22.2 Å². The number of likely N-dealkylation sites (N-methyl/N-ethyl adjacent to an activating group) is 1. The first-order valence-electron chi connectivity index (χ1n) is 11.7. The van der Waals surface area contributed by atoms with Crippen LogP contribution in [0.1, 0.15) is 37.8 Å². The zero-order chi connectivity index (χ0) is 26.9. The van der Waals surface area contributed by atoms with Crippen molar-refractivity contribution >= 4 is 10.4 Å². The highest BCUT2D eigenvalue weighted by Gasteiger charge is 2.36. The van der Waals surface area contributed by atoms with E-state index in [-0.39, 0.29) is 17.4 Å². The molecule has 0 saturated heterocycles. The Morgan fingerprint density at radius 3 is 2.14 bits per heavy atom. The molecule has 0 bridgehead atoms. The first-order valence-corrected chi connectivity index (χ1v) is 13.0. The van der Waals surface area contributed by atoms with E-state index in [2.05, 4.69) is 29.0 Å². The van der Waals surface area contributed by atoms with Crippen LogP contribution < -0.4 is 18.4 Å². The van der Waals surface area contributed by atoms with Crippen LogP contribution in [0.2, 0.25) is 0 Å². The molecule has 0 aliphatic rings. The Kier molecular flexibility index (Phi) is 10.4. The van der Waals surface area contributed by atoms with Crippen molar-refractivity contribution in [2.24, 2.45) is 5.92 Å². The summed E-state index contributed by atoms with van der Waals surface area (Å²) in [7, 11) is 1.97. The van der Waals surface area contributed by atoms with E-state index in [1.165, 1.54) is 13.2 Å². The summed E-state index contributed by atoms with van der Waals surface area (Å²) >= 11 is 0. The third-order valence-corrected chi connectivity index (χ3v) is 6.79. The predicted octanol–water partition coefficient (Wildman–Crippen LogP) is 4.27. The number of methoxy groups -OCH3 is 3. The molecule has 0 aliphatic carbocycles. The van der Waals surface area contributed by atoms with Crippen molar-refractivity contribution in [2.45, 2.75) is 38.5 Å². The monoisotopic (exact) mass is 520 g/mol. The number of ether oxygens (including phenoxy) is 3. The zero-order valence-electron chi connectivity index (χ0n) is 21.8. The molecule has 0 heterocycles. The summed E-state index contributed by atoms with van der Waals surface area (Å²) in [6.45, 7) is 5.67. The van der Waals surface area contributed by atoms with Gasteiger partial charge in [-0.3, -0.25) is 4.55 Å². The summed E-state index contributed by atoms with van der Waals surface area (Å²) in [5.41, 5.74) is 1.19. The molecule has 2 aromatic carbocycles. The van der Waals surface area contributed by atoms with Gasteiger partial charge in [-0.2, -0.15) is 13.7 Å². The van der Waals surface area contributed by atoms with Gasteiger partial charge in [0.25, 0.3) is 0 Å². The lowest BCUT2D eigenvalue weighted by Crippen LogP contribution is -2.32. The van der Waals surface area contributed by atoms with Crippen molar-refractivity contribution in [2.75, 3.05) is 41.5 Å². The fourth-order valence-electron chi connectivity index (χ4n) is 4.24. The second kappa shape index (κ2) is 12.8. The van der Waals surface area contributed by atoms with Crippen LogP contribution in [0.3, 0.4) is 0 Å². The summed E-state index contributed by atoms with van der Waals surface area (Å²) in [6, 6.07) is 13.1. The minimum Gasteiger partial charge on any atom is -0.493 e. The SMILES string of the molecule is COc1ccc(C(C#N)(CCCN(C)CCc2ccc(OS(=O)(=O)O)c(OC)c2)C(C)C)cc1OC. The highest BCUT2D eigenvalue weighted by Crippen LogP contribution is 2.40. The molecule has 0 radical (unpaired) electrons. The van der Waals surface area contributed by atoms with Crippen LogP contribution in [0.4, 0.5) is 0 Å². The largest absolute Gasteiger partial charge is 0.493 e. The van der Waals surface area contributed by atoms with Crippen molar-refractivity contribution < 1.29 is 31.4 Å². The second-order valence-corrected chi connectivity index (χ2v) is 9.98. The highest BCUT2D eigenvalue weighted by atomic mass is 32.3. The molecule has 1 unspecified atom stereocenters. The van der Waals surface area contributed by atoms with E-state index in [4.69, 9.17) is 18.8 Å². The van der Waals surface area contributed by atoms with Gasteiger partial charge in [-0.05, 0) is 74.2 Å². The van der Waals surface area contributed by atoms with E-state index < -0.39 is 15.8 Å². The Balaban J connectivity index is 2.03. The molecule has 1 N–H and O–H groups in total. The second-order valence-electron chi connectivity index (χ2n) is 8.96. The predicted molar refractivity (Wildman–Crippen MR) is 137 cm³/mol. The fourth-order valence-corrected chi connectivity index (χ4v) is 4.60. The quantitative estimate of drug-likeness (QED) is 0.364. The van der Waals surface area contributed by atoms with E-state index in [0.29, 0.717) is 24.3 Å². The molecule has 0 spiro atoms. The van der Waals surface area contributed by atoms with Crippen molar-refractivity contribution in [3.05, 3.63) is 47.5 Å². The smallest absolute Gasteiger partial charge is 0.446 e. The van der Waals surface area contributed by atoms with E-state index in [1.807, 2.05) is 25.2 Å². The summed E-state index contributed by atoms with van der Waals surface area (Å²) in [6.07, 6.45) is 2.21. The zero-order valence-corrected chi connectivity index (χ0v) is 22.6. The van der Waals surface area contributed by atoms with Crippen molar-refractivity contribution in [1.82, 2.24) is 4.90 Å². The Morgan fingerprint density at radius 2 is 1.58 bits per heavy atom. The van der Waals surface area contributed by atoms with Gasteiger partial charge in [-0.25, -0.2) is 0 Å². The van der Waals surface area contributed by atoms with Crippen molar-refractivity contribution in [1.29, 1.82) is 5.26 Å². The first-order chi connectivity index (χ1) is 17.0. The van der Waals surface area contributed by atoms with E-state index in [0.717, 1.165) is 30.6 Å². The molecule has 0 aliphatic heterocycles. The molecule has 0 saturated carbocycles.